The van der Waals surface area contributed by atoms with Crippen LogP contribution in [0, 0.1) is 0 Å². The van der Waals surface area contributed by atoms with Gasteiger partial charge in [0, 0.05) is 12.2 Å². The quantitative estimate of drug-likeness (QED) is 0.519. The predicted molar refractivity (Wildman–Crippen MR) is 70.0 cm³/mol. The molecule has 0 amide bonds. The van der Waals surface area contributed by atoms with Gasteiger partial charge in [-0.3, -0.25) is 0 Å². The van der Waals surface area contributed by atoms with Crippen LogP contribution in [-0.2, 0) is 0 Å². The van der Waals surface area contributed by atoms with Crippen molar-refractivity contribution in [2.75, 3.05) is 6.54 Å². The minimum atomic E-state index is 1.16. The molecular weight excluding hydrogens is 182 g/mol. The second-order valence-corrected chi connectivity index (χ2v) is 4.26. The Balaban J connectivity index is 3.37. The molecule has 0 atom stereocenters. The monoisotopic (exact) mass is 211 g/mol. The highest BCUT2D eigenvalue weighted by Crippen LogP contribution is 2.06. The lowest BCUT2D eigenvalue weighted by Crippen LogP contribution is -2.14. The molecule has 0 fully saturated rings. The molecule has 0 aromatic carbocycles. The van der Waals surface area contributed by atoms with Crippen molar-refractivity contribution < 1.29 is 0 Å². The standard InChI is InChI=1S/C14H29N/c1-4-7-9-11-13-15-14(6-3)12-10-8-5-2/h6,15H,4-5,7-13H2,1-3H3. The van der Waals surface area contributed by atoms with E-state index >= 15 is 0 Å². The number of allylic oxidation sites excluding steroid dienone is 2. The Hall–Kier alpha value is -0.460. The van der Waals surface area contributed by atoms with Crippen molar-refractivity contribution in [1.82, 2.24) is 5.32 Å². The topological polar surface area (TPSA) is 12.0 Å². The molecule has 0 unspecified atom stereocenters. The van der Waals surface area contributed by atoms with E-state index in [0.29, 0.717) is 0 Å². The SMILES string of the molecule is CC=C(CCCCC)NCCCCCC. The Morgan fingerprint density at radius 2 is 1.60 bits per heavy atom. The second kappa shape index (κ2) is 11.6. The van der Waals surface area contributed by atoms with E-state index < -0.39 is 0 Å². The van der Waals surface area contributed by atoms with Crippen LogP contribution >= 0.6 is 0 Å². The first-order valence-corrected chi connectivity index (χ1v) is 6.74. The maximum absolute atomic E-state index is 3.55. The fraction of sp³-hybridized carbons (Fsp3) is 0.857. The van der Waals surface area contributed by atoms with Gasteiger partial charge in [0.05, 0.1) is 0 Å². The fourth-order valence-electron chi connectivity index (χ4n) is 1.70. The summed E-state index contributed by atoms with van der Waals surface area (Å²) in [6.07, 6.45) is 12.9. The summed E-state index contributed by atoms with van der Waals surface area (Å²) in [5, 5.41) is 3.55. The van der Waals surface area contributed by atoms with Crippen molar-refractivity contribution in [3.05, 3.63) is 11.8 Å². The van der Waals surface area contributed by atoms with Gasteiger partial charge in [0.1, 0.15) is 0 Å². The summed E-state index contributed by atoms with van der Waals surface area (Å²) in [6.45, 7) is 7.81. The first-order valence-electron chi connectivity index (χ1n) is 6.74. The Bertz CT molecular complexity index is 149. The maximum Gasteiger partial charge on any atom is 0.0143 e. The van der Waals surface area contributed by atoms with Gasteiger partial charge >= 0.3 is 0 Å². The number of nitrogens with one attached hydrogen (secondary N) is 1. The highest BCUT2D eigenvalue weighted by atomic mass is 14.9. The van der Waals surface area contributed by atoms with Gasteiger partial charge in [-0.1, -0.05) is 52.0 Å². The number of hydrogen-bond acceptors (Lipinski definition) is 1. The average molecular weight is 211 g/mol. The van der Waals surface area contributed by atoms with Gasteiger partial charge in [-0.05, 0) is 26.2 Å². The van der Waals surface area contributed by atoms with Crippen molar-refractivity contribution in [1.29, 1.82) is 0 Å². The van der Waals surface area contributed by atoms with Gasteiger partial charge in [-0.2, -0.15) is 0 Å². The number of hydrogen-bond donors (Lipinski definition) is 1. The first-order chi connectivity index (χ1) is 7.35. The third-order valence-electron chi connectivity index (χ3n) is 2.78. The van der Waals surface area contributed by atoms with Gasteiger partial charge in [0.2, 0.25) is 0 Å². The van der Waals surface area contributed by atoms with Crippen molar-refractivity contribution in [3.8, 4) is 0 Å². The van der Waals surface area contributed by atoms with E-state index in [1.54, 1.807) is 0 Å². The van der Waals surface area contributed by atoms with E-state index in [1.807, 2.05) is 0 Å². The van der Waals surface area contributed by atoms with Crippen LogP contribution in [0.5, 0.6) is 0 Å². The lowest BCUT2D eigenvalue weighted by atomic mass is 10.1. The summed E-state index contributed by atoms with van der Waals surface area (Å²) in [6, 6.07) is 0. The van der Waals surface area contributed by atoms with Crippen LogP contribution < -0.4 is 5.32 Å². The van der Waals surface area contributed by atoms with Gasteiger partial charge in [0.15, 0.2) is 0 Å². The van der Waals surface area contributed by atoms with Crippen molar-refractivity contribution >= 4 is 0 Å². The molecule has 0 heterocycles. The Labute approximate surface area is 96.3 Å². The number of rotatable bonds is 10. The van der Waals surface area contributed by atoms with Crippen LogP contribution in [0.25, 0.3) is 0 Å². The molecule has 90 valence electrons. The largest absolute Gasteiger partial charge is 0.389 e. The van der Waals surface area contributed by atoms with E-state index in [2.05, 4.69) is 32.2 Å². The molecule has 1 heteroatoms. The molecule has 1 N–H and O–H groups in total. The summed E-state index contributed by atoms with van der Waals surface area (Å²) >= 11 is 0. The molecule has 0 spiro atoms. The van der Waals surface area contributed by atoms with Gasteiger partial charge in [0.25, 0.3) is 0 Å². The Morgan fingerprint density at radius 1 is 0.933 bits per heavy atom. The lowest BCUT2D eigenvalue weighted by Gasteiger charge is -2.10. The lowest BCUT2D eigenvalue weighted by molar-refractivity contribution is 0.611. The summed E-state index contributed by atoms with van der Waals surface area (Å²) in [7, 11) is 0. The van der Waals surface area contributed by atoms with Gasteiger partial charge < -0.3 is 5.32 Å². The average Bonchev–Trinajstić information content (AvgIpc) is 2.26. The molecule has 15 heavy (non-hydrogen) atoms. The van der Waals surface area contributed by atoms with E-state index in [-0.39, 0.29) is 0 Å². The van der Waals surface area contributed by atoms with Crippen LogP contribution in [0.1, 0.15) is 72.1 Å². The molecule has 0 bridgehead atoms. The molecule has 0 aliphatic rings. The minimum Gasteiger partial charge on any atom is -0.389 e. The molecule has 0 radical (unpaired) electrons. The predicted octanol–water partition coefficient (Wildman–Crippen LogP) is 4.64. The molecular formula is C14H29N. The first kappa shape index (κ1) is 14.5. The zero-order valence-electron chi connectivity index (χ0n) is 10.9. The van der Waals surface area contributed by atoms with Crippen LogP contribution in [0.15, 0.2) is 11.8 Å². The van der Waals surface area contributed by atoms with Crippen molar-refractivity contribution in [2.24, 2.45) is 0 Å². The highest BCUT2D eigenvalue weighted by Gasteiger charge is 1.95. The van der Waals surface area contributed by atoms with Crippen LogP contribution in [-0.4, -0.2) is 6.54 Å². The fourth-order valence-corrected chi connectivity index (χ4v) is 1.70. The van der Waals surface area contributed by atoms with Gasteiger partial charge in [-0.15, -0.1) is 0 Å². The molecule has 1 nitrogen and oxygen atoms in total. The summed E-state index contributed by atoms with van der Waals surface area (Å²) in [5.41, 5.74) is 1.44. The molecule has 0 aliphatic carbocycles. The molecule has 0 aliphatic heterocycles. The number of unbranched alkanes of at least 4 members (excludes halogenated alkanes) is 5. The summed E-state index contributed by atoms with van der Waals surface area (Å²) < 4.78 is 0. The van der Waals surface area contributed by atoms with Crippen LogP contribution in [0.4, 0.5) is 0 Å². The Morgan fingerprint density at radius 3 is 2.20 bits per heavy atom. The molecule has 0 rings (SSSR count). The normalized spacial score (nSPS) is 11.8. The smallest absolute Gasteiger partial charge is 0.0143 e. The van der Waals surface area contributed by atoms with E-state index in [1.165, 1.54) is 57.1 Å². The summed E-state index contributed by atoms with van der Waals surface area (Å²) in [4.78, 5) is 0. The minimum absolute atomic E-state index is 1.16. The highest BCUT2D eigenvalue weighted by molar-refractivity contribution is 4.97. The molecule has 0 aromatic heterocycles. The summed E-state index contributed by atoms with van der Waals surface area (Å²) in [5.74, 6) is 0. The third-order valence-corrected chi connectivity index (χ3v) is 2.78. The molecule has 0 aromatic rings. The molecule has 0 saturated carbocycles. The van der Waals surface area contributed by atoms with Crippen molar-refractivity contribution in [2.45, 2.75) is 72.1 Å². The third kappa shape index (κ3) is 9.84. The van der Waals surface area contributed by atoms with Crippen molar-refractivity contribution in [3.63, 3.8) is 0 Å². The maximum atomic E-state index is 3.55. The molecule has 0 saturated heterocycles. The van der Waals surface area contributed by atoms with Gasteiger partial charge in [-0.25, -0.2) is 0 Å². The Kier molecular flexibility index (Phi) is 11.3. The van der Waals surface area contributed by atoms with E-state index in [9.17, 15) is 0 Å². The van der Waals surface area contributed by atoms with Crippen LogP contribution in [0.2, 0.25) is 0 Å². The zero-order valence-corrected chi connectivity index (χ0v) is 10.9. The van der Waals surface area contributed by atoms with Crippen LogP contribution in [0.3, 0.4) is 0 Å². The van der Waals surface area contributed by atoms with E-state index in [0.717, 1.165) is 6.54 Å². The zero-order chi connectivity index (χ0) is 11.4. The van der Waals surface area contributed by atoms with E-state index in [4.69, 9.17) is 0 Å². The second-order valence-electron chi connectivity index (χ2n) is 4.26.